The summed E-state index contributed by atoms with van der Waals surface area (Å²) in [6.07, 6.45) is 2.61. The molecule has 114 valence electrons. The molecule has 0 N–H and O–H groups in total. The predicted molar refractivity (Wildman–Crippen MR) is 84.4 cm³/mol. The molecule has 0 aliphatic carbocycles. The zero-order valence-electron chi connectivity index (χ0n) is 12.5. The number of fused-ring (bicyclic) bond motifs is 2. The Labute approximate surface area is 133 Å². The van der Waals surface area contributed by atoms with Gasteiger partial charge in [-0.3, -0.25) is 0 Å². The number of halogens is 1. The maximum Gasteiger partial charge on any atom is 0.410 e. The first-order valence-electron chi connectivity index (χ1n) is 7.21. The van der Waals surface area contributed by atoms with Crippen LogP contribution in [0.5, 0.6) is 0 Å². The highest BCUT2D eigenvalue weighted by Gasteiger charge is 2.46. The molecule has 1 amide bonds. The monoisotopic (exact) mass is 353 g/mol. The van der Waals surface area contributed by atoms with Crippen LogP contribution in [0.25, 0.3) is 0 Å². The van der Waals surface area contributed by atoms with E-state index in [-0.39, 0.29) is 12.1 Å². The molecule has 1 aromatic rings. The third kappa shape index (κ3) is 3.00. The molecule has 2 bridgehead atoms. The first-order valence-corrected chi connectivity index (χ1v) is 8.00. The van der Waals surface area contributed by atoms with Gasteiger partial charge in [0.25, 0.3) is 0 Å². The Hall–Kier alpha value is -1.30. The van der Waals surface area contributed by atoms with E-state index >= 15 is 0 Å². The Balaban J connectivity index is 1.66. The number of likely N-dealkylation sites (tertiary alicyclic amines) is 1. The topological polar surface area (TPSA) is 45.7 Å². The van der Waals surface area contributed by atoms with Gasteiger partial charge in [-0.15, -0.1) is 0 Å². The molecular formula is C15H20BrN3O2. The molecule has 3 heterocycles. The summed E-state index contributed by atoms with van der Waals surface area (Å²) < 4.78 is 6.46. The van der Waals surface area contributed by atoms with Crippen molar-refractivity contribution < 1.29 is 9.53 Å². The number of anilines is 1. The molecule has 5 nitrogen and oxygen atoms in total. The highest BCUT2D eigenvalue weighted by Crippen LogP contribution is 2.34. The van der Waals surface area contributed by atoms with Crippen molar-refractivity contribution in [3.8, 4) is 0 Å². The minimum atomic E-state index is -0.439. The second-order valence-electron chi connectivity index (χ2n) is 6.66. The number of rotatable bonds is 1. The van der Waals surface area contributed by atoms with E-state index < -0.39 is 5.60 Å². The molecule has 0 unspecified atom stereocenters. The van der Waals surface area contributed by atoms with Gasteiger partial charge in [0, 0.05) is 23.8 Å². The molecule has 2 atom stereocenters. The first-order chi connectivity index (χ1) is 9.83. The molecule has 6 heteroatoms. The molecule has 3 rings (SSSR count). The smallest absolute Gasteiger partial charge is 0.410 e. The van der Waals surface area contributed by atoms with Crippen LogP contribution in [0.2, 0.25) is 0 Å². The van der Waals surface area contributed by atoms with Gasteiger partial charge in [-0.2, -0.15) is 0 Å². The van der Waals surface area contributed by atoms with Gasteiger partial charge in [0.15, 0.2) is 0 Å². The number of piperazine rings is 1. The van der Waals surface area contributed by atoms with Crippen molar-refractivity contribution in [2.45, 2.75) is 44.9 Å². The summed E-state index contributed by atoms with van der Waals surface area (Å²) >= 11 is 3.40. The minimum absolute atomic E-state index is 0.196. The normalized spacial score (nSPS) is 24.6. The van der Waals surface area contributed by atoms with Crippen LogP contribution in [-0.2, 0) is 4.74 Å². The summed E-state index contributed by atoms with van der Waals surface area (Å²) in [5, 5.41) is 0. The van der Waals surface area contributed by atoms with Crippen LogP contribution in [0.4, 0.5) is 10.6 Å². The van der Waals surface area contributed by atoms with Gasteiger partial charge in [0.2, 0.25) is 0 Å². The van der Waals surface area contributed by atoms with Gasteiger partial charge >= 0.3 is 6.09 Å². The number of carbonyl (C=O) groups excluding carboxylic acids is 1. The quantitative estimate of drug-likeness (QED) is 0.778. The van der Waals surface area contributed by atoms with E-state index in [1.165, 1.54) is 0 Å². The average molecular weight is 354 g/mol. The van der Waals surface area contributed by atoms with Crippen LogP contribution in [0.1, 0.15) is 27.2 Å². The van der Waals surface area contributed by atoms with Crippen LogP contribution in [0.3, 0.4) is 0 Å². The number of nitrogens with zero attached hydrogens (tertiary/aromatic N) is 3. The third-order valence-electron chi connectivity index (χ3n) is 3.87. The van der Waals surface area contributed by atoms with E-state index in [0.717, 1.165) is 29.8 Å². The molecule has 0 spiro atoms. The van der Waals surface area contributed by atoms with Crippen molar-refractivity contribution in [2.24, 2.45) is 0 Å². The highest BCUT2D eigenvalue weighted by molar-refractivity contribution is 9.10. The fraction of sp³-hybridized carbons (Fsp3) is 0.600. The van der Waals surface area contributed by atoms with E-state index in [9.17, 15) is 4.79 Å². The van der Waals surface area contributed by atoms with E-state index in [4.69, 9.17) is 4.74 Å². The molecule has 0 aromatic carbocycles. The standard InChI is InChI=1S/C15H20BrN3O2/c1-15(2,3)21-14(20)19-9-11-6-12(19)8-18(11)13-5-4-10(16)7-17-13/h4-5,7,11-12H,6,8-9H2,1-3H3/t11-,12-/m1/s1. The molecule has 0 radical (unpaired) electrons. The van der Waals surface area contributed by atoms with Crippen molar-refractivity contribution in [1.82, 2.24) is 9.88 Å². The summed E-state index contributed by atoms with van der Waals surface area (Å²) in [5.41, 5.74) is -0.439. The summed E-state index contributed by atoms with van der Waals surface area (Å²) in [6.45, 7) is 7.25. The Morgan fingerprint density at radius 2 is 2.10 bits per heavy atom. The van der Waals surface area contributed by atoms with Crippen LogP contribution in [-0.4, -0.2) is 46.8 Å². The molecular weight excluding hydrogens is 334 g/mol. The molecule has 0 saturated carbocycles. The average Bonchev–Trinajstić information content (AvgIpc) is 2.97. The lowest BCUT2D eigenvalue weighted by Crippen LogP contribution is -2.50. The van der Waals surface area contributed by atoms with Crippen molar-refractivity contribution in [1.29, 1.82) is 0 Å². The lowest BCUT2D eigenvalue weighted by Gasteiger charge is -2.35. The highest BCUT2D eigenvalue weighted by atomic mass is 79.9. The Kier molecular flexibility index (Phi) is 3.59. The maximum absolute atomic E-state index is 12.2. The number of ether oxygens (including phenoxy) is 1. The second-order valence-corrected chi connectivity index (χ2v) is 7.58. The van der Waals surface area contributed by atoms with Crippen molar-refractivity contribution in [3.63, 3.8) is 0 Å². The molecule has 21 heavy (non-hydrogen) atoms. The summed E-state index contributed by atoms with van der Waals surface area (Å²) in [4.78, 5) is 20.8. The maximum atomic E-state index is 12.2. The Bertz CT molecular complexity index is 541. The van der Waals surface area contributed by atoms with Crippen LogP contribution in [0.15, 0.2) is 22.8 Å². The fourth-order valence-electron chi connectivity index (χ4n) is 3.03. The van der Waals surface area contributed by atoms with E-state index in [2.05, 4.69) is 25.8 Å². The van der Waals surface area contributed by atoms with Crippen molar-refractivity contribution in [2.75, 3.05) is 18.0 Å². The largest absolute Gasteiger partial charge is 0.444 e. The zero-order chi connectivity index (χ0) is 15.2. The van der Waals surface area contributed by atoms with E-state index in [0.29, 0.717) is 6.04 Å². The number of hydrogen-bond donors (Lipinski definition) is 0. The van der Waals surface area contributed by atoms with Gasteiger partial charge in [-0.1, -0.05) is 0 Å². The minimum Gasteiger partial charge on any atom is -0.444 e. The summed E-state index contributed by atoms with van der Waals surface area (Å²) in [7, 11) is 0. The lowest BCUT2D eigenvalue weighted by molar-refractivity contribution is 0.0214. The molecule has 2 saturated heterocycles. The molecule has 2 aliphatic rings. The fourth-order valence-corrected chi connectivity index (χ4v) is 3.26. The SMILES string of the molecule is CC(C)(C)OC(=O)N1C[C@H]2C[C@@H]1CN2c1ccc(Br)cn1. The van der Waals surface area contributed by atoms with Gasteiger partial charge < -0.3 is 14.5 Å². The van der Waals surface area contributed by atoms with Gasteiger partial charge in [-0.25, -0.2) is 9.78 Å². The number of pyridine rings is 1. The van der Waals surface area contributed by atoms with Gasteiger partial charge in [-0.05, 0) is 55.3 Å². The van der Waals surface area contributed by atoms with Gasteiger partial charge in [0.05, 0.1) is 12.1 Å². The van der Waals surface area contributed by atoms with Crippen LogP contribution >= 0.6 is 15.9 Å². The van der Waals surface area contributed by atoms with Gasteiger partial charge in [0.1, 0.15) is 11.4 Å². The molecule has 2 aliphatic heterocycles. The Morgan fingerprint density at radius 3 is 2.62 bits per heavy atom. The number of hydrogen-bond acceptors (Lipinski definition) is 4. The predicted octanol–water partition coefficient (Wildman–Crippen LogP) is 3.04. The van der Waals surface area contributed by atoms with E-state index in [1.807, 2.05) is 44.0 Å². The van der Waals surface area contributed by atoms with Crippen LogP contribution in [0, 0.1) is 0 Å². The third-order valence-corrected chi connectivity index (χ3v) is 4.34. The van der Waals surface area contributed by atoms with Crippen molar-refractivity contribution in [3.05, 3.63) is 22.8 Å². The lowest BCUT2D eigenvalue weighted by atomic mass is 10.2. The number of aromatic nitrogens is 1. The molecule has 1 aromatic heterocycles. The van der Waals surface area contributed by atoms with E-state index in [1.54, 1.807) is 0 Å². The second kappa shape index (κ2) is 5.16. The number of amides is 1. The first kappa shape index (κ1) is 14.6. The zero-order valence-corrected chi connectivity index (χ0v) is 14.1. The Morgan fingerprint density at radius 1 is 1.33 bits per heavy atom. The summed E-state index contributed by atoms with van der Waals surface area (Å²) in [5.74, 6) is 0.981. The summed E-state index contributed by atoms with van der Waals surface area (Å²) in [6, 6.07) is 4.59. The molecule has 2 fully saturated rings. The van der Waals surface area contributed by atoms with Crippen LogP contribution < -0.4 is 4.90 Å². The number of carbonyl (C=O) groups is 1. The van der Waals surface area contributed by atoms with Crippen molar-refractivity contribution >= 4 is 27.8 Å².